The van der Waals surface area contributed by atoms with E-state index >= 15 is 0 Å². The van der Waals surface area contributed by atoms with Crippen molar-refractivity contribution in [2.45, 2.75) is 79.7 Å². The van der Waals surface area contributed by atoms with Crippen LogP contribution in [-0.2, 0) is 4.79 Å². The zero-order valence-corrected chi connectivity index (χ0v) is 16.4. The third kappa shape index (κ3) is 17.6. The van der Waals surface area contributed by atoms with Crippen molar-refractivity contribution in [1.82, 2.24) is 16.0 Å². The van der Waals surface area contributed by atoms with Gasteiger partial charge in [-0.15, -0.1) is 0 Å². The first-order chi connectivity index (χ1) is 10.7. The van der Waals surface area contributed by atoms with Crippen molar-refractivity contribution in [2.24, 2.45) is 11.3 Å². The fourth-order valence-electron chi connectivity index (χ4n) is 2.82. The van der Waals surface area contributed by atoms with Gasteiger partial charge >= 0.3 is 0 Å². The molecule has 23 heavy (non-hydrogen) atoms. The number of hydrogen-bond donors (Lipinski definition) is 3. The molecule has 0 radical (unpaired) electrons. The summed E-state index contributed by atoms with van der Waals surface area (Å²) in [5.74, 6) is 0.858. The minimum atomic E-state index is 0.186. The van der Waals surface area contributed by atoms with E-state index < -0.39 is 0 Å². The van der Waals surface area contributed by atoms with Crippen molar-refractivity contribution in [1.29, 1.82) is 0 Å². The Morgan fingerprint density at radius 3 is 2.26 bits per heavy atom. The van der Waals surface area contributed by atoms with Gasteiger partial charge in [0.05, 0.1) is 0 Å². The Labute approximate surface area is 144 Å². The van der Waals surface area contributed by atoms with Crippen molar-refractivity contribution in [3.63, 3.8) is 0 Å². The van der Waals surface area contributed by atoms with E-state index in [4.69, 9.17) is 0 Å². The lowest BCUT2D eigenvalue weighted by molar-refractivity contribution is -0.121. The third-order valence-corrected chi connectivity index (χ3v) is 3.71. The molecule has 0 heterocycles. The van der Waals surface area contributed by atoms with Crippen molar-refractivity contribution in [2.75, 3.05) is 26.2 Å². The molecule has 0 bridgehead atoms. The Morgan fingerprint density at radius 2 is 1.65 bits per heavy atom. The second-order valence-electron chi connectivity index (χ2n) is 8.34. The maximum atomic E-state index is 11.7. The molecule has 0 aromatic rings. The third-order valence-electron chi connectivity index (χ3n) is 3.71. The van der Waals surface area contributed by atoms with E-state index in [2.05, 4.69) is 57.5 Å². The highest BCUT2D eigenvalue weighted by Gasteiger charge is 2.14. The minimum Gasteiger partial charge on any atom is -0.355 e. The van der Waals surface area contributed by atoms with Crippen LogP contribution in [0, 0.1) is 11.3 Å². The fraction of sp³-hybridized carbons (Fsp3) is 0.947. The summed E-state index contributed by atoms with van der Waals surface area (Å²) in [7, 11) is 0. The van der Waals surface area contributed by atoms with Gasteiger partial charge in [-0.25, -0.2) is 0 Å². The number of carbonyl (C=O) groups is 1. The molecule has 0 rings (SSSR count). The van der Waals surface area contributed by atoms with Crippen molar-refractivity contribution in [3.8, 4) is 0 Å². The van der Waals surface area contributed by atoms with E-state index in [0.717, 1.165) is 45.4 Å². The lowest BCUT2D eigenvalue weighted by Gasteiger charge is -2.23. The number of nitrogens with one attached hydrogen (secondary N) is 3. The van der Waals surface area contributed by atoms with E-state index in [0.29, 0.717) is 23.8 Å². The molecule has 4 nitrogen and oxygen atoms in total. The predicted molar refractivity (Wildman–Crippen MR) is 101 cm³/mol. The van der Waals surface area contributed by atoms with E-state index in [1.165, 1.54) is 6.42 Å². The van der Waals surface area contributed by atoms with E-state index in [1.807, 2.05) is 0 Å². The lowest BCUT2D eigenvalue weighted by atomic mass is 9.85. The van der Waals surface area contributed by atoms with Gasteiger partial charge in [-0.05, 0) is 43.7 Å². The molecule has 1 unspecified atom stereocenters. The Hall–Kier alpha value is -0.610. The summed E-state index contributed by atoms with van der Waals surface area (Å²) in [5.41, 5.74) is 0.389. The molecule has 3 N–H and O–H groups in total. The standard InChI is InChI=1S/C19H41N3O/c1-16(2)21-11-9-7-8-10-18(23)22-13-12-20-15-17(3)14-19(4,5)6/h16-17,20-21H,7-15H2,1-6H3,(H,22,23). The lowest BCUT2D eigenvalue weighted by Crippen LogP contribution is -2.34. The van der Waals surface area contributed by atoms with Crippen LogP contribution in [-0.4, -0.2) is 38.1 Å². The Bertz CT molecular complexity index is 297. The average Bonchev–Trinajstić information content (AvgIpc) is 2.40. The number of unbranched alkanes of at least 4 members (excludes halogenated alkanes) is 2. The highest BCUT2D eigenvalue weighted by molar-refractivity contribution is 5.75. The quantitative estimate of drug-likeness (QED) is 0.455. The van der Waals surface area contributed by atoms with E-state index in [1.54, 1.807) is 0 Å². The number of hydrogen-bond acceptors (Lipinski definition) is 3. The maximum absolute atomic E-state index is 11.7. The van der Waals surface area contributed by atoms with Gasteiger partial charge < -0.3 is 16.0 Å². The molecule has 1 amide bonds. The van der Waals surface area contributed by atoms with E-state index in [-0.39, 0.29) is 5.91 Å². The summed E-state index contributed by atoms with van der Waals surface area (Å²) in [6, 6.07) is 0.553. The van der Waals surface area contributed by atoms with Gasteiger partial charge in [0, 0.05) is 25.6 Å². The highest BCUT2D eigenvalue weighted by Crippen LogP contribution is 2.23. The van der Waals surface area contributed by atoms with Crippen LogP contribution in [0.5, 0.6) is 0 Å². The molecule has 138 valence electrons. The Kier molecular flexibility index (Phi) is 12.4. The Morgan fingerprint density at radius 1 is 0.957 bits per heavy atom. The molecular weight excluding hydrogens is 286 g/mol. The van der Waals surface area contributed by atoms with Crippen LogP contribution in [0.4, 0.5) is 0 Å². The second kappa shape index (κ2) is 12.8. The van der Waals surface area contributed by atoms with Crippen LogP contribution in [0.1, 0.15) is 73.6 Å². The first kappa shape index (κ1) is 22.4. The van der Waals surface area contributed by atoms with Crippen molar-refractivity contribution < 1.29 is 4.79 Å². The average molecular weight is 328 g/mol. The summed E-state index contributed by atoms with van der Waals surface area (Å²) in [6.07, 6.45) is 5.14. The van der Waals surface area contributed by atoms with Crippen molar-refractivity contribution in [3.05, 3.63) is 0 Å². The maximum Gasteiger partial charge on any atom is 0.220 e. The molecule has 0 aliphatic carbocycles. The summed E-state index contributed by atoms with van der Waals surface area (Å²) in [5, 5.41) is 9.83. The topological polar surface area (TPSA) is 53.2 Å². The van der Waals surface area contributed by atoms with Gasteiger partial charge in [-0.3, -0.25) is 4.79 Å². The van der Waals surface area contributed by atoms with Gasteiger partial charge in [0.2, 0.25) is 5.91 Å². The molecule has 1 atom stereocenters. The highest BCUT2D eigenvalue weighted by atomic mass is 16.1. The zero-order valence-electron chi connectivity index (χ0n) is 16.4. The first-order valence-electron chi connectivity index (χ1n) is 9.41. The normalized spacial score (nSPS) is 13.3. The Balaban J connectivity index is 3.40. The largest absolute Gasteiger partial charge is 0.355 e. The van der Waals surface area contributed by atoms with Gasteiger partial charge in [0.25, 0.3) is 0 Å². The summed E-state index contributed by atoms with van der Waals surface area (Å²) < 4.78 is 0. The summed E-state index contributed by atoms with van der Waals surface area (Å²) in [4.78, 5) is 11.7. The SMILES string of the molecule is CC(CNCCNC(=O)CCCCCNC(C)C)CC(C)(C)C. The van der Waals surface area contributed by atoms with Crippen LogP contribution >= 0.6 is 0 Å². The minimum absolute atomic E-state index is 0.186. The van der Waals surface area contributed by atoms with Crippen LogP contribution < -0.4 is 16.0 Å². The van der Waals surface area contributed by atoms with Crippen LogP contribution in [0.25, 0.3) is 0 Å². The van der Waals surface area contributed by atoms with Gasteiger partial charge in [-0.1, -0.05) is 48.0 Å². The number of amides is 1. The van der Waals surface area contributed by atoms with Crippen LogP contribution in [0.3, 0.4) is 0 Å². The molecule has 0 fully saturated rings. The molecule has 0 aromatic heterocycles. The fourth-order valence-corrected chi connectivity index (χ4v) is 2.82. The monoisotopic (exact) mass is 327 g/mol. The second-order valence-corrected chi connectivity index (χ2v) is 8.34. The molecule has 0 aliphatic rings. The molecule has 0 saturated heterocycles. The summed E-state index contributed by atoms with van der Waals surface area (Å²) >= 11 is 0. The first-order valence-corrected chi connectivity index (χ1v) is 9.41. The summed E-state index contributed by atoms with van der Waals surface area (Å²) in [6.45, 7) is 17.1. The molecule has 0 aromatic carbocycles. The van der Waals surface area contributed by atoms with Gasteiger partial charge in [-0.2, -0.15) is 0 Å². The zero-order chi connectivity index (χ0) is 17.7. The van der Waals surface area contributed by atoms with Gasteiger partial charge in [0.1, 0.15) is 0 Å². The molecule has 0 spiro atoms. The molecule has 0 saturated carbocycles. The molecule has 4 heteroatoms. The number of carbonyl (C=O) groups excluding carboxylic acids is 1. The predicted octanol–water partition coefficient (Wildman–Crippen LogP) is 3.32. The molecule has 0 aliphatic heterocycles. The van der Waals surface area contributed by atoms with Gasteiger partial charge in [0.15, 0.2) is 0 Å². The van der Waals surface area contributed by atoms with Crippen LogP contribution in [0.15, 0.2) is 0 Å². The van der Waals surface area contributed by atoms with Crippen LogP contribution in [0.2, 0.25) is 0 Å². The number of rotatable bonds is 13. The molecular formula is C19H41N3O. The van der Waals surface area contributed by atoms with Crippen molar-refractivity contribution >= 4 is 5.91 Å². The van der Waals surface area contributed by atoms with E-state index in [9.17, 15) is 4.79 Å². The smallest absolute Gasteiger partial charge is 0.220 e.